The number of hydrogen-bond acceptors (Lipinski definition) is 4. The number of guanidine groups is 1. The minimum atomic E-state index is 0.871. The monoisotopic (exact) mass is 359 g/mol. The van der Waals surface area contributed by atoms with Gasteiger partial charge in [0, 0.05) is 52.0 Å². The van der Waals surface area contributed by atoms with E-state index >= 15 is 0 Å². The van der Waals surface area contributed by atoms with Gasteiger partial charge in [0.25, 0.3) is 0 Å². The fraction of sp³-hybridized carbons (Fsp3) is 0.650. The molecule has 2 fully saturated rings. The Kier molecular flexibility index (Phi) is 7.00. The molecule has 1 heterocycles. The van der Waals surface area contributed by atoms with Crippen LogP contribution in [0, 0.1) is 5.92 Å². The topological polar surface area (TPSA) is 52.1 Å². The summed E-state index contributed by atoms with van der Waals surface area (Å²) in [7, 11) is 3.56. The van der Waals surface area contributed by atoms with Gasteiger partial charge in [-0.25, -0.2) is 0 Å². The van der Waals surface area contributed by atoms with Gasteiger partial charge in [0.1, 0.15) is 5.75 Å². The van der Waals surface area contributed by atoms with Crippen molar-refractivity contribution in [2.75, 3.05) is 64.9 Å². The molecule has 1 aliphatic carbocycles. The second kappa shape index (κ2) is 9.67. The average molecular weight is 360 g/mol. The van der Waals surface area contributed by atoms with Gasteiger partial charge in [-0.3, -0.25) is 9.89 Å². The molecule has 0 spiro atoms. The molecule has 26 heavy (non-hydrogen) atoms. The number of piperazine rings is 1. The van der Waals surface area contributed by atoms with E-state index < -0.39 is 0 Å². The SMILES string of the molecule is CN=C(NCCCN1CCN(c2ccc(OC)cc2)CC1)NCC1CC1. The summed E-state index contributed by atoms with van der Waals surface area (Å²) < 4.78 is 5.24. The van der Waals surface area contributed by atoms with Crippen molar-refractivity contribution < 1.29 is 4.74 Å². The number of anilines is 1. The third kappa shape index (κ3) is 5.80. The lowest BCUT2D eigenvalue weighted by atomic mass is 10.2. The summed E-state index contributed by atoms with van der Waals surface area (Å²) in [6, 6.07) is 8.38. The van der Waals surface area contributed by atoms with Crippen LogP contribution >= 0.6 is 0 Å². The van der Waals surface area contributed by atoms with Crippen LogP contribution in [0.4, 0.5) is 5.69 Å². The predicted octanol–water partition coefficient (Wildman–Crippen LogP) is 1.78. The molecule has 1 saturated carbocycles. The number of benzene rings is 1. The van der Waals surface area contributed by atoms with Gasteiger partial charge in [-0.2, -0.15) is 0 Å². The molecule has 1 aliphatic heterocycles. The second-order valence-corrected chi connectivity index (χ2v) is 7.20. The van der Waals surface area contributed by atoms with E-state index in [1.54, 1.807) is 7.11 Å². The van der Waals surface area contributed by atoms with Gasteiger partial charge in [0.05, 0.1) is 7.11 Å². The van der Waals surface area contributed by atoms with Gasteiger partial charge in [0.2, 0.25) is 0 Å². The van der Waals surface area contributed by atoms with Gasteiger partial charge >= 0.3 is 0 Å². The Morgan fingerprint density at radius 3 is 2.46 bits per heavy atom. The number of rotatable bonds is 8. The highest BCUT2D eigenvalue weighted by atomic mass is 16.5. The van der Waals surface area contributed by atoms with Crippen LogP contribution < -0.4 is 20.3 Å². The molecule has 0 amide bonds. The number of nitrogens with one attached hydrogen (secondary N) is 2. The van der Waals surface area contributed by atoms with Gasteiger partial charge in [-0.05, 0) is 56.0 Å². The quantitative estimate of drug-likeness (QED) is 0.421. The minimum absolute atomic E-state index is 0.871. The molecule has 1 aromatic rings. The molecular weight excluding hydrogens is 326 g/mol. The second-order valence-electron chi connectivity index (χ2n) is 7.20. The fourth-order valence-electron chi connectivity index (χ4n) is 3.32. The number of nitrogens with zero attached hydrogens (tertiary/aromatic N) is 3. The van der Waals surface area contributed by atoms with E-state index in [0.29, 0.717) is 0 Å². The Morgan fingerprint density at radius 2 is 1.85 bits per heavy atom. The molecule has 2 N–H and O–H groups in total. The lowest BCUT2D eigenvalue weighted by Crippen LogP contribution is -2.47. The lowest BCUT2D eigenvalue weighted by molar-refractivity contribution is 0.255. The molecule has 3 rings (SSSR count). The van der Waals surface area contributed by atoms with Crippen molar-refractivity contribution in [3.8, 4) is 5.75 Å². The smallest absolute Gasteiger partial charge is 0.190 e. The van der Waals surface area contributed by atoms with Crippen molar-refractivity contribution in [2.24, 2.45) is 10.9 Å². The van der Waals surface area contributed by atoms with Crippen molar-refractivity contribution >= 4 is 11.6 Å². The highest BCUT2D eigenvalue weighted by Crippen LogP contribution is 2.27. The average Bonchev–Trinajstić information content (AvgIpc) is 3.52. The van der Waals surface area contributed by atoms with E-state index in [4.69, 9.17) is 4.74 Å². The molecular formula is C20H33N5O. The molecule has 0 unspecified atom stereocenters. The molecule has 0 bridgehead atoms. The van der Waals surface area contributed by atoms with E-state index in [0.717, 1.165) is 69.9 Å². The van der Waals surface area contributed by atoms with Crippen molar-refractivity contribution in [2.45, 2.75) is 19.3 Å². The van der Waals surface area contributed by atoms with E-state index in [9.17, 15) is 0 Å². The first-order valence-corrected chi connectivity index (χ1v) is 9.84. The lowest BCUT2D eigenvalue weighted by Gasteiger charge is -2.36. The molecule has 1 aromatic carbocycles. The van der Waals surface area contributed by atoms with Crippen LogP contribution in [-0.2, 0) is 0 Å². The third-order valence-corrected chi connectivity index (χ3v) is 5.23. The highest BCUT2D eigenvalue weighted by Gasteiger charge is 2.21. The molecule has 2 aliphatic rings. The van der Waals surface area contributed by atoms with E-state index in [1.807, 2.05) is 19.2 Å². The van der Waals surface area contributed by atoms with Crippen LogP contribution in [0.3, 0.4) is 0 Å². The molecule has 0 aromatic heterocycles. The van der Waals surface area contributed by atoms with Crippen LogP contribution in [0.15, 0.2) is 29.3 Å². The zero-order valence-electron chi connectivity index (χ0n) is 16.2. The first-order chi connectivity index (χ1) is 12.8. The summed E-state index contributed by atoms with van der Waals surface area (Å²) in [5.74, 6) is 2.73. The zero-order chi connectivity index (χ0) is 18.2. The highest BCUT2D eigenvalue weighted by molar-refractivity contribution is 5.79. The standard InChI is InChI=1S/C20H33N5O/c1-21-20(23-16-17-4-5-17)22-10-3-11-24-12-14-25(15-13-24)18-6-8-19(26-2)9-7-18/h6-9,17H,3-5,10-16H2,1-2H3,(H2,21,22,23). The molecule has 1 saturated heterocycles. The van der Waals surface area contributed by atoms with E-state index in [2.05, 4.69) is 37.6 Å². The van der Waals surface area contributed by atoms with Crippen molar-refractivity contribution in [1.82, 2.24) is 15.5 Å². The number of ether oxygens (including phenoxy) is 1. The van der Waals surface area contributed by atoms with E-state index in [1.165, 1.54) is 18.5 Å². The first kappa shape index (κ1) is 18.8. The van der Waals surface area contributed by atoms with Gasteiger partial charge < -0.3 is 20.3 Å². The zero-order valence-corrected chi connectivity index (χ0v) is 16.2. The molecule has 6 nitrogen and oxygen atoms in total. The molecule has 144 valence electrons. The van der Waals surface area contributed by atoms with Crippen LogP contribution in [0.1, 0.15) is 19.3 Å². The summed E-state index contributed by atoms with van der Waals surface area (Å²) in [5, 5.41) is 6.84. The summed E-state index contributed by atoms with van der Waals surface area (Å²) in [4.78, 5) is 9.31. The number of hydrogen-bond donors (Lipinski definition) is 2. The molecule has 0 radical (unpaired) electrons. The first-order valence-electron chi connectivity index (χ1n) is 9.84. The third-order valence-electron chi connectivity index (χ3n) is 5.23. The van der Waals surface area contributed by atoms with Gasteiger partial charge in [0.15, 0.2) is 5.96 Å². The van der Waals surface area contributed by atoms with Crippen molar-refractivity contribution in [1.29, 1.82) is 0 Å². The van der Waals surface area contributed by atoms with Crippen molar-refractivity contribution in [3.63, 3.8) is 0 Å². The van der Waals surface area contributed by atoms with Crippen molar-refractivity contribution in [3.05, 3.63) is 24.3 Å². The Labute approximate surface area is 157 Å². The molecule has 0 atom stereocenters. The predicted molar refractivity (Wildman–Crippen MR) is 108 cm³/mol. The Hall–Kier alpha value is -1.95. The Balaban J connectivity index is 1.29. The number of methoxy groups -OCH3 is 1. The summed E-state index contributed by atoms with van der Waals surface area (Å²) in [6.07, 6.45) is 3.88. The Bertz CT molecular complexity index is 562. The maximum Gasteiger partial charge on any atom is 0.190 e. The van der Waals surface area contributed by atoms with Crippen LogP contribution in [0.5, 0.6) is 5.75 Å². The van der Waals surface area contributed by atoms with Crippen LogP contribution in [-0.4, -0.2) is 70.8 Å². The minimum Gasteiger partial charge on any atom is -0.497 e. The maximum absolute atomic E-state index is 5.24. The number of aliphatic imine (C=N–C) groups is 1. The van der Waals surface area contributed by atoms with Gasteiger partial charge in [-0.15, -0.1) is 0 Å². The largest absolute Gasteiger partial charge is 0.497 e. The summed E-state index contributed by atoms with van der Waals surface area (Å²) in [6.45, 7) is 7.61. The van der Waals surface area contributed by atoms with Crippen LogP contribution in [0.2, 0.25) is 0 Å². The fourth-order valence-corrected chi connectivity index (χ4v) is 3.32. The van der Waals surface area contributed by atoms with Gasteiger partial charge in [-0.1, -0.05) is 0 Å². The molecule has 6 heteroatoms. The normalized spacial score (nSPS) is 18.7. The van der Waals surface area contributed by atoms with Crippen LogP contribution in [0.25, 0.3) is 0 Å². The van der Waals surface area contributed by atoms with E-state index in [-0.39, 0.29) is 0 Å². The maximum atomic E-state index is 5.24. The summed E-state index contributed by atoms with van der Waals surface area (Å²) >= 11 is 0. The Morgan fingerprint density at radius 1 is 1.12 bits per heavy atom. The summed E-state index contributed by atoms with van der Waals surface area (Å²) in [5.41, 5.74) is 1.29.